The summed E-state index contributed by atoms with van der Waals surface area (Å²) in [6.07, 6.45) is 3.65. The highest BCUT2D eigenvalue weighted by Crippen LogP contribution is 2.32. The average Bonchev–Trinajstić information content (AvgIpc) is 3.04. The van der Waals surface area contributed by atoms with E-state index in [9.17, 15) is 9.90 Å². The number of carboxylic acids is 1. The zero-order chi connectivity index (χ0) is 21.3. The van der Waals surface area contributed by atoms with Crippen LogP contribution in [0.3, 0.4) is 0 Å². The number of rotatable bonds is 6. The van der Waals surface area contributed by atoms with Crippen LogP contribution in [0.5, 0.6) is 0 Å². The fraction of sp³-hybridized carbons (Fsp3) is 0.400. The lowest BCUT2D eigenvalue weighted by Crippen LogP contribution is -2.40. The highest BCUT2D eigenvalue weighted by Gasteiger charge is 2.28. The minimum Gasteiger partial charge on any atom is -0.477 e. The molecule has 2 aromatic carbocycles. The Morgan fingerprint density at radius 1 is 1.13 bits per heavy atom. The van der Waals surface area contributed by atoms with Gasteiger partial charge in [0.1, 0.15) is 5.69 Å². The van der Waals surface area contributed by atoms with Gasteiger partial charge >= 0.3 is 5.97 Å². The second-order valence-electron chi connectivity index (χ2n) is 8.58. The molecule has 0 unspecified atom stereocenters. The normalized spacial score (nSPS) is 21.8. The number of carboxylic acid groups (broad SMARTS) is 1. The largest absolute Gasteiger partial charge is 0.477 e. The third-order valence-corrected chi connectivity index (χ3v) is 7.18. The summed E-state index contributed by atoms with van der Waals surface area (Å²) in [5, 5.41) is 15.5. The van der Waals surface area contributed by atoms with Crippen molar-refractivity contribution in [2.24, 2.45) is 11.8 Å². The number of para-hydroxylation sites is 1. The van der Waals surface area contributed by atoms with Gasteiger partial charge in [-0.05, 0) is 36.0 Å². The Morgan fingerprint density at radius 2 is 1.87 bits per heavy atom. The molecule has 0 saturated heterocycles. The number of nitrogens with one attached hydrogen (secondary N) is 1. The van der Waals surface area contributed by atoms with Crippen molar-refractivity contribution in [3.8, 4) is 0 Å². The molecule has 30 heavy (non-hydrogen) atoms. The Kier molecular flexibility index (Phi) is 6.16. The van der Waals surface area contributed by atoms with Crippen LogP contribution in [-0.4, -0.2) is 21.7 Å². The van der Waals surface area contributed by atoms with Gasteiger partial charge in [-0.3, -0.25) is 0 Å². The van der Waals surface area contributed by atoms with Gasteiger partial charge in [0.25, 0.3) is 0 Å². The lowest BCUT2D eigenvalue weighted by atomic mass is 9.78. The lowest BCUT2D eigenvalue weighted by Gasteiger charge is -2.34. The first-order chi connectivity index (χ1) is 14.5. The van der Waals surface area contributed by atoms with Crippen molar-refractivity contribution in [3.63, 3.8) is 0 Å². The number of nitrogens with zero attached hydrogens (tertiary/aromatic N) is 1. The first-order valence-electron chi connectivity index (χ1n) is 10.8. The number of fused-ring (bicyclic) bond motifs is 1. The zero-order valence-corrected chi connectivity index (χ0v) is 18.3. The Hall–Kier alpha value is -2.30. The van der Waals surface area contributed by atoms with E-state index in [0.717, 1.165) is 28.5 Å². The van der Waals surface area contributed by atoms with Crippen LogP contribution in [0.4, 0.5) is 0 Å². The Labute approximate surface area is 182 Å². The molecule has 1 aliphatic carbocycles. The van der Waals surface area contributed by atoms with Gasteiger partial charge in [0.15, 0.2) is 0 Å². The predicted molar refractivity (Wildman–Crippen MR) is 122 cm³/mol. The molecule has 0 amide bonds. The average molecular weight is 425 g/mol. The van der Waals surface area contributed by atoms with Gasteiger partial charge in [-0.2, -0.15) is 0 Å². The molecule has 3 atom stereocenters. The monoisotopic (exact) mass is 424 g/mol. The van der Waals surface area contributed by atoms with Gasteiger partial charge < -0.3 is 15.0 Å². The molecular formula is C25H29ClN2O2. The minimum atomic E-state index is -0.903. The van der Waals surface area contributed by atoms with Crippen LogP contribution in [0.15, 0.2) is 48.5 Å². The molecule has 0 spiro atoms. The van der Waals surface area contributed by atoms with Crippen LogP contribution in [0, 0.1) is 11.8 Å². The van der Waals surface area contributed by atoms with E-state index in [1.807, 2.05) is 53.1 Å². The minimum absolute atomic E-state index is 0.347. The molecule has 5 heteroatoms. The van der Waals surface area contributed by atoms with Gasteiger partial charge in [-0.25, -0.2) is 4.79 Å². The zero-order valence-electron chi connectivity index (χ0n) is 17.6. The van der Waals surface area contributed by atoms with Crippen molar-refractivity contribution >= 4 is 28.5 Å². The molecule has 158 valence electrons. The van der Waals surface area contributed by atoms with Gasteiger partial charge in [0.2, 0.25) is 0 Å². The quantitative estimate of drug-likeness (QED) is 0.513. The van der Waals surface area contributed by atoms with Crippen molar-refractivity contribution in [1.29, 1.82) is 0 Å². The highest BCUT2D eigenvalue weighted by atomic mass is 35.5. The Bertz CT molecular complexity index is 1060. The molecule has 1 saturated carbocycles. The summed E-state index contributed by atoms with van der Waals surface area (Å²) in [5.41, 5.74) is 3.05. The number of aromatic nitrogens is 1. The number of benzene rings is 2. The third-order valence-electron chi connectivity index (χ3n) is 6.81. The summed E-state index contributed by atoms with van der Waals surface area (Å²) < 4.78 is 1.89. The predicted octanol–water partition coefficient (Wildman–Crippen LogP) is 5.96. The van der Waals surface area contributed by atoms with E-state index in [0.29, 0.717) is 41.7 Å². The van der Waals surface area contributed by atoms with E-state index in [1.54, 1.807) is 0 Å². The fourth-order valence-corrected chi connectivity index (χ4v) is 5.06. The molecule has 2 N–H and O–H groups in total. The molecule has 1 fully saturated rings. The molecule has 1 aliphatic rings. The molecule has 4 rings (SSSR count). The van der Waals surface area contributed by atoms with Crippen LogP contribution in [0.25, 0.3) is 10.9 Å². The maximum Gasteiger partial charge on any atom is 0.352 e. The Morgan fingerprint density at radius 3 is 2.63 bits per heavy atom. The molecule has 4 nitrogen and oxygen atoms in total. The van der Waals surface area contributed by atoms with Crippen molar-refractivity contribution in [2.75, 3.05) is 0 Å². The van der Waals surface area contributed by atoms with Gasteiger partial charge in [-0.15, -0.1) is 0 Å². The van der Waals surface area contributed by atoms with Crippen LogP contribution in [0.2, 0.25) is 5.02 Å². The first-order valence-corrected chi connectivity index (χ1v) is 11.2. The van der Waals surface area contributed by atoms with Crippen molar-refractivity contribution in [2.45, 2.75) is 52.2 Å². The van der Waals surface area contributed by atoms with Crippen LogP contribution >= 0.6 is 11.6 Å². The smallest absolute Gasteiger partial charge is 0.352 e. The van der Waals surface area contributed by atoms with E-state index in [1.165, 1.54) is 12.8 Å². The second-order valence-corrected chi connectivity index (χ2v) is 8.99. The maximum atomic E-state index is 12.4. The summed E-state index contributed by atoms with van der Waals surface area (Å²) in [4.78, 5) is 12.4. The molecule has 0 radical (unpaired) electrons. The van der Waals surface area contributed by atoms with Gasteiger partial charge in [-0.1, -0.05) is 74.7 Å². The summed E-state index contributed by atoms with van der Waals surface area (Å²) >= 11 is 6.38. The van der Waals surface area contributed by atoms with Crippen LogP contribution in [0.1, 0.15) is 54.7 Å². The maximum absolute atomic E-state index is 12.4. The first kappa shape index (κ1) is 21.0. The van der Waals surface area contributed by atoms with E-state index in [2.05, 4.69) is 19.2 Å². The van der Waals surface area contributed by atoms with E-state index < -0.39 is 5.97 Å². The summed E-state index contributed by atoms with van der Waals surface area (Å²) in [5.74, 6) is 0.375. The summed E-state index contributed by atoms with van der Waals surface area (Å²) in [6, 6.07) is 16.0. The van der Waals surface area contributed by atoms with E-state index in [4.69, 9.17) is 11.6 Å². The highest BCUT2D eigenvalue weighted by molar-refractivity contribution is 6.31. The van der Waals surface area contributed by atoms with Gasteiger partial charge in [0.05, 0.1) is 0 Å². The summed E-state index contributed by atoms with van der Waals surface area (Å²) in [7, 11) is 0. The molecule has 1 aromatic heterocycles. The molecule has 1 heterocycles. The van der Waals surface area contributed by atoms with E-state index >= 15 is 0 Å². The van der Waals surface area contributed by atoms with Crippen LogP contribution < -0.4 is 5.32 Å². The van der Waals surface area contributed by atoms with E-state index in [-0.39, 0.29) is 0 Å². The molecular weight excluding hydrogens is 396 g/mol. The molecule has 0 aliphatic heterocycles. The standard InChI is InChI=1S/C25H29ClN2O2/c1-16-8-7-12-22(17(16)2)27-14-20-19-10-4-6-13-23(19)28(24(20)25(29)30)15-18-9-3-5-11-21(18)26/h3-6,9-11,13,16-17,22,27H,7-8,12,14-15H2,1-2H3,(H,29,30)/t16-,17+,22-/m1/s1. The summed E-state index contributed by atoms with van der Waals surface area (Å²) in [6.45, 7) is 5.61. The van der Waals surface area contributed by atoms with Crippen LogP contribution in [-0.2, 0) is 13.1 Å². The third kappa shape index (κ3) is 3.99. The molecule has 0 bridgehead atoms. The number of carbonyl (C=O) groups is 1. The number of hydrogen-bond acceptors (Lipinski definition) is 2. The number of hydrogen-bond donors (Lipinski definition) is 2. The Balaban J connectivity index is 1.73. The second kappa shape index (κ2) is 8.83. The number of halogens is 1. The lowest BCUT2D eigenvalue weighted by molar-refractivity contribution is 0.0684. The SMILES string of the molecule is C[C@H]1[C@H](C)CCC[C@H]1NCc1c(C(=O)O)n(Cc2ccccc2Cl)c2ccccc12. The number of aromatic carboxylic acids is 1. The topological polar surface area (TPSA) is 54.3 Å². The molecule has 3 aromatic rings. The van der Waals surface area contributed by atoms with Crippen molar-refractivity contribution in [1.82, 2.24) is 9.88 Å². The fourth-order valence-electron chi connectivity index (χ4n) is 4.86. The van der Waals surface area contributed by atoms with Crippen molar-refractivity contribution in [3.05, 3.63) is 70.4 Å². The van der Waals surface area contributed by atoms with Gasteiger partial charge in [0, 0.05) is 40.6 Å². The van der Waals surface area contributed by atoms with Crippen molar-refractivity contribution < 1.29 is 9.90 Å².